The zero-order valence-electron chi connectivity index (χ0n) is 11.5. The number of carbonyl (C=O) groups excluding carboxylic acids is 1. The number of hydrogen-bond acceptors (Lipinski definition) is 2. The molecule has 3 nitrogen and oxygen atoms in total. The second kappa shape index (κ2) is 5.76. The van der Waals surface area contributed by atoms with E-state index in [-0.39, 0.29) is 11.7 Å². The molecule has 2 unspecified atom stereocenters. The first kappa shape index (κ1) is 13.9. The predicted octanol–water partition coefficient (Wildman–Crippen LogP) is 3.95. The van der Waals surface area contributed by atoms with Crippen LogP contribution in [0.3, 0.4) is 0 Å². The van der Waals surface area contributed by atoms with Crippen molar-refractivity contribution in [3.8, 4) is 5.75 Å². The zero-order chi connectivity index (χ0) is 14.1. The van der Waals surface area contributed by atoms with E-state index in [9.17, 15) is 9.90 Å². The highest BCUT2D eigenvalue weighted by Gasteiger charge is 2.35. The second-order valence-electron chi connectivity index (χ2n) is 5.92. The fourth-order valence-corrected chi connectivity index (χ4v) is 3.94. The molecule has 1 N–H and O–H groups in total. The topological polar surface area (TPSA) is 40.5 Å². The first-order valence-electron chi connectivity index (χ1n) is 7.46. The van der Waals surface area contributed by atoms with Gasteiger partial charge in [0.25, 0.3) is 5.91 Å². The molecule has 1 amide bonds. The monoisotopic (exact) mass is 337 g/mol. The molecule has 2 fully saturated rings. The average Bonchev–Trinajstić information content (AvgIpc) is 2.49. The third-order valence-corrected chi connectivity index (χ3v) is 5.37. The van der Waals surface area contributed by atoms with Gasteiger partial charge in [-0.25, -0.2) is 0 Å². The standard InChI is InChI=1S/C16H20BrNO2/c17-13-8-7-12(10-15(13)19)16(20)18-9-3-5-11-4-1-2-6-14(11)18/h7-8,10-11,14,19H,1-6,9H2. The van der Waals surface area contributed by atoms with Gasteiger partial charge in [0, 0.05) is 18.2 Å². The number of amides is 1. The van der Waals surface area contributed by atoms with Crippen LogP contribution in [0.5, 0.6) is 5.75 Å². The average molecular weight is 338 g/mol. The lowest BCUT2D eigenvalue weighted by molar-refractivity contribution is 0.0390. The summed E-state index contributed by atoms with van der Waals surface area (Å²) in [5.41, 5.74) is 0.594. The predicted molar refractivity (Wildman–Crippen MR) is 81.8 cm³/mol. The van der Waals surface area contributed by atoms with Crippen molar-refractivity contribution in [3.05, 3.63) is 28.2 Å². The molecule has 1 saturated heterocycles. The Morgan fingerprint density at radius 2 is 1.95 bits per heavy atom. The van der Waals surface area contributed by atoms with Gasteiger partial charge >= 0.3 is 0 Å². The number of hydrogen-bond donors (Lipinski definition) is 1. The maximum atomic E-state index is 12.7. The Balaban J connectivity index is 1.83. The minimum absolute atomic E-state index is 0.0735. The number of piperidine rings is 1. The fraction of sp³-hybridized carbons (Fsp3) is 0.562. The molecule has 0 bridgehead atoms. The normalized spacial score (nSPS) is 26.1. The molecule has 1 aliphatic heterocycles. The Morgan fingerprint density at radius 3 is 2.75 bits per heavy atom. The SMILES string of the molecule is O=C(c1ccc(Br)c(O)c1)N1CCCC2CCCCC21. The molecule has 0 aromatic heterocycles. The van der Waals surface area contributed by atoms with Crippen LogP contribution >= 0.6 is 15.9 Å². The van der Waals surface area contributed by atoms with Crippen molar-refractivity contribution in [2.45, 2.75) is 44.6 Å². The Bertz CT molecular complexity index is 515. The fourth-order valence-electron chi connectivity index (χ4n) is 3.69. The van der Waals surface area contributed by atoms with Gasteiger partial charge in [0.2, 0.25) is 0 Å². The van der Waals surface area contributed by atoms with Crippen LogP contribution < -0.4 is 0 Å². The summed E-state index contributed by atoms with van der Waals surface area (Å²) in [6.07, 6.45) is 7.31. The van der Waals surface area contributed by atoms with Gasteiger partial charge in [-0.2, -0.15) is 0 Å². The molecule has 2 aliphatic rings. The van der Waals surface area contributed by atoms with Crippen molar-refractivity contribution < 1.29 is 9.90 Å². The summed E-state index contributed by atoms with van der Waals surface area (Å²) in [4.78, 5) is 14.8. The maximum Gasteiger partial charge on any atom is 0.254 e. The van der Waals surface area contributed by atoms with Crippen LogP contribution in [0.2, 0.25) is 0 Å². The lowest BCUT2D eigenvalue weighted by Gasteiger charge is -2.44. The summed E-state index contributed by atoms with van der Waals surface area (Å²) < 4.78 is 0.628. The van der Waals surface area contributed by atoms with Crippen molar-refractivity contribution in [3.63, 3.8) is 0 Å². The first-order valence-corrected chi connectivity index (χ1v) is 8.25. The van der Waals surface area contributed by atoms with Gasteiger partial charge in [0.05, 0.1) is 4.47 Å². The summed E-state index contributed by atoms with van der Waals surface area (Å²) in [5, 5.41) is 9.76. The van der Waals surface area contributed by atoms with Crippen molar-refractivity contribution in [1.29, 1.82) is 0 Å². The summed E-state index contributed by atoms with van der Waals surface area (Å²) in [7, 11) is 0. The largest absolute Gasteiger partial charge is 0.507 e. The summed E-state index contributed by atoms with van der Waals surface area (Å²) in [6, 6.07) is 5.51. The lowest BCUT2D eigenvalue weighted by Crippen LogP contribution is -2.49. The molecule has 1 aromatic carbocycles. The minimum atomic E-state index is 0.0735. The minimum Gasteiger partial charge on any atom is -0.507 e. The molecule has 0 spiro atoms. The number of rotatable bonds is 1. The second-order valence-corrected chi connectivity index (χ2v) is 6.77. The Morgan fingerprint density at radius 1 is 1.20 bits per heavy atom. The third kappa shape index (κ3) is 2.58. The van der Waals surface area contributed by atoms with Crippen LogP contribution in [0.4, 0.5) is 0 Å². The molecule has 108 valence electrons. The van der Waals surface area contributed by atoms with Gasteiger partial charge in [-0.15, -0.1) is 0 Å². The number of likely N-dealkylation sites (tertiary alicyclic amines) is 1. The molecule has 4 heteroatoms. The van der Waals surface area contributed by atoms with E-state index in [4.69, 9.17) is 0 Å². The van der Waals surface area contributed by atoms with Crippen molar-refractivity contribution in [2.75, 3.05) is 6.54 Å². The smallest absolute Gasteiger partial charge is 0.254 e. The van der Waals surface area contributed by atoms with Gasteiger partial charge in [-0.05, 0) is 65.7 Å². The van der Waals surface area contributed by atoms with E-state index < -0.39 is 0 Å². The highest BCUT2D eigenvalue weighted by atomic mass is 79.9. The number of carbonyl (C=O) groups is 1. The van der Waals surface area contributed by atoms with Crippen LogP contribution in [-0.2, 0) is 0 Å². The number of benzene rings is 1. The first-order chi connectivity index (χ1) is 9.66. The summed E-state index contributed by atoms with van der Waals surface area (Å²) >= 11 is 3.26. The molecule has 1 saturated carbocycles. The van der Waals surface area contributed by atoms with Crippen molar-refractivity contribution in [1.82, 2.24) is 4.90 Å². The van der Waals surface area contributed by atoms with Crippen LogP contribution in [0.25, 0.3) is 0 Å². The molecule has 3 rings (SSSR count). The highest BCUT2D eigenvalue weighted by Crippen LogP contribution is 2.36. The molecule has 1 aromatic rings. The van der Waals surface area contributed by atoms with Crippen molar-refractivity contribution >= 4 is 21.8 Å². The van der Waals surface area contributed by atoms with Gasteiger partial charge in [-0.1, -0.05) is 12.8 Å². The highest BCUT2D eigenvalue weighted by molar-refractivity contribution is 9.10. The molecular weight excluding hydrogens is 318 g/mol. The number of phenolic OH excluding ortho intramolecular Hbond substituents is 1. The molecule has 1 aliphatic carbocycles. The van der Waals surface area contributed by atoms with Crippen molar-refractivity contribution in [2.24, 2.45) is 5.92 Å². The van der Waals surface area contributed by atoms with Crippen LogP contribution in [0, 0.1) is 5.92 Å². The Labute approximate surface area is 128 Å². The Hall–Kier alpha value is -1.03. The van der Waals surface area contributed by atoms with E-state index in [1.807, 2.05) is 0 Å². The zero-order valence-corrected chi connectivity index (χ0v) is 13.1. The Kier molecular flexibility index (Phi) is 4.01. The van der Waals surface area contributed by atoms with E-state index in [1.54, 1.807) is 18.2 Å². The number of aromatic hydroxyl groups is 1. The summed E-state index contributed by atoms with van der Waals surface area (Å²) in [6.45, 7) is 0.858. The number of nitrogens with zero attached hydrogens (tertiary/aromatic N) is 1. The van der Waals surface area contributed by atoms with Crippen LogP contribution in [0.15, 0.2) is 22.7 Å². The van der Waals surface area contributed by atoms with E-state index in [1.165, 1.54) is 25.7 Å². The lowest BCUT2D eigenvalue weighted by atomic mass is 9.78. The van der Waals surface area contributed by atoms with E-state index in [0.29, 0.717) is 22.0 Å². The molecule has 20 heavy (non-hydrogen) atoms. The van der Waals surface area contributed by atoms with Crippen LogP contribution in [-0.4, -0.2) is 28.5 Å². The molecule has 0 radical (unpaired) electrons. The third-order valence-electron chi connectivity index (χ3n) is 4.70. The number of halogens is 1. The van der Waals surface area contributed by atoms with Gasteiger partial charge in [0.1, 0.15) is 5.75 Å². The van der Waals surface area contributed by atoms with Gasteiger partial charge in [0.15, 0.2) is 0 Å². The van der Waals surface area contributed by atoms with Gasteiger partial charge in [-0.3, -0.25) is 4.79 Å². The van der Waals surface area contributed by atoms with E-state index in [0.717, 1.165) is 19.4 Å². The van der Waals surface area contributed by atoms with Crippen LogP contribution in [0.1, 0.15) is 48.9 Å². The van der Waals surface area contributed by atoms with Gasteiger partial charge < -0.3 is 10.0 Å². The number of phenols is 1. The molecule has 1 heterocycles. The molecule has 2 atom stereocenters. The van der Waals surface area contributed by atoms with E-state index >= 15 is 0 Å². The summed E-state index contributed by atoms with van der Waals surface area (Å²) in [5.74, 6) is 0.892. The number of fused-ring (bicyclic) bond motifs is 1. The quantitative estimate of drug-likeness (QED) is 0.842. The molecular formula is C16H20BrNO2. The maximum absolute atomic E-state index is 12.7. The van der Waals surface area contributed by atoms with E-state index in [2.05, 4.69) is 20.8 Å².